The summed E-state index contributed by atoms with van der Waals surface area (Å²) in [7, 11) is 0. The number of carbonyl (C=O) groups is 1. The summed E-state index contributed by atoms with van der Waals surface area (Å²) < 4.78 is 1.78. The van der Waals surface area contributed by atoms with Crippen molar-refractivity contribution in [2.24, 2.45) is 0 Å². The molecule has 0 aliphatic heterocycles. The molecule has 106 valence electrons. The number of nitrogens with zero attached hydrogens (tertiary/aromatic N) is 2. The van der Waals surface area contributed by atoms with Gasteiger partial charge in [0.05, 0.1) is 10.7 Å². The van der Waals surface area contributed by atoms with Gasteiger partial charge in [0.1, 0.15) is 17.1 Å². The molecule has 3 aromatic rings. The van der Waals surface area contributed by atoms with Crippen molar-refractivity contribution in [3.63, 3.8) is 0 Å². The Morgan fingerprint density at radius 3 is 2.86 bits per heavy atom. The average molecular weight is 301 g/mol. The standard InChI is InChI=1S/C16H13ClN2O2/c1-2-12-15(19-8-4-3-5-14(19)18-12)16(21)10-6-7-13(20)11(17)9-10/h3-9,20H,2H2,1H3. The number of rotatable bonds is 3. The Bertz CT molecular complexity index is 839. The fourth-order valence-corrected chi connectivity index (χ4v) is 2.50. The number of benzene rings is 1. The molecule has 3 rings (SSSR count). The SMILES string of the molecule is CCc1nc2ccccn2c1C(=O)c1ccc(O)c(Cl)c1. The van der Waals surface area contributed by atoms with Crippen LogP contribution in [0.2, 0.25) is 5.02 Å². The van der Waals surface area contributed by atoms with Crippen LogP contribution in [-0.4, -0.2) is 20.3 Å². The number of aromatic nitrogens is 2. The Hall–Kier alpha value is -2.33. The molecule has 5 heteroatoms. The number of ketones is 1. The normalized spacial score (nSPS) is 11.0. The monoisotopic (exact) mass is 300 g/mol. The molecule has 0 aliphatic carbocycles. The highest BCUT2D eigenvalue weighted by atomic mass is 35.5. The fourth-order valence-electron chi connectivity index (χ4n) is 2.32. The van der Waals surface area contributed by atoms with Gasteiger partial charge in [0.15, 0.2) is 0 Å². The van der Waals surface area contributed by atoms with Gasteiger partial charge >= 0.3 is 0 Å². The summed E-state index contributed by atoms with van der Waals surface area (Å²) in [6.45, 7) is 1.96. The molecule has 1 N–H and O–H groups in total. The predicted octanol–water partition coefficient (Wildman–Crippen LogP) is 3.49. The van der Waals surface area contributed by atoms with Gasteiger partial charge in [-0.2, -0.15) is 0 Å². The molecule has 0 saturated carbocycles. The van der Waals surface area contributed by atoms with Gasteiger partial charge in [0.2, 0.25) is 5.78 Å². The van der Waals surface area contributed by atoms with Gasteiger partial charge < -0.3 is 5.11 Å². The van der Waals surface area contributed by atoms with Crippen LogP contribution in [-0.2, 0) is 6.42 Å². The molecule has 0 spiro atoms. The summed E-state index contributed by atoms with van der Waals surface area (Å²) >= 11 is 5.89. The van der Waals surface area contributed by atoms with E-state index in [9.17, 15) is 9.90 Å². The van der Waals surface area contributed by atoms with Gasteiger partial charge in [0, 0.05) is 11.8 Å². The third-order valence-electron chi connectivity index (χ3n) is 3.36. The number of aromatic hydroxyl groups is 1. The molecule has 2 aromatic heterocycles. The zero-order valence-corrected chi connectivity index (χ0v) is 12.1. The maximum absolute atomic E-state index is 12.8. The van der Waals surface area contributed by atoms with E-state index < -0.39 is 0 Å². The first kappa shape index (κ1) is 13.6. The quantitative estimate of drug-likeness (QED) is 0.753. The summed E-state index contributed by atoms with van der Waals surface area (Å²) in [4.78, 5) is 17.2. The number of pyridine rings is 1. The first-order chi connectivity index (χ1) is 10.1. The molecule has 0 amide bonds. The molecule has 0 fully saturated rings. The van der Waals surface area contributed by atoms with Crippen LogP contribution in [0.15, 0.2) is 42.6 Å². The molecule has 0 unspecified atom stereocenters. The second-order valence-electron chi connectivity index (χ2n) is 4.68. The van der Waals surface area contributed by atoms with Gasteiger partial charge in [-0.25, -0.2) is 4.98 Å². The summed E-state index contributed by atoms with van der Waals surface area (Å²) in [5, 5.41) is 9.63. The van der Waals surface area contributed by atoms with Crippen LogP contribution in [0.1, 0.15) is 28.7 Å². The molecule has 0 aliphatic rings. The number of carbonyl (C=O) groups excluding carboxylic acids is 1. The maximum Gasteiger partial charge on any atom is 0.211 e. The van der Waals surface area contributed by atoms with Gasteiger partial charge in [-0.15, -0.1) is 0 Å². The summed E-state index contributed by atoms with van der Waals surface area (Å²) in [5.74, 6) is -0.200. The predicted molar refractivity (Wildman–Crippen MR) is 81.1 cm³/mol. The van der Waals surface area contributed by atoms with E-state index >= 15 is 0 Å². The Balaban J connectivity index is 2.18. The molecule has 21 heavy (non-hydrogen) atoms. The van der Waals surface area contributed by atoms with E-state index in [4.69, 9.17) is 11.6 Å². The van der Waals surface area contributed by atoms with Gasteiger partial charge in [-0.3, -0.25) is 9.20 Å². The minimum atomic E-state index is -0.160. The molecule has 0 saturated heterocycles. The maximum atomic E-state index is 12.8. The molecule has 0 atom stereocenters. The van der Waals surface area contributed by atoms with Crippen molar-refractivity contribution in [1.82, 2.24) is 9.38 Å². The zero-order valence-electron chi connectivity index (χ0n) is 11.4. The largest absolute Gasteiger partial charge is 0.506 e. The van der Waals surface area contributed by atoms with Crippen molar-refractivity contribution in [2.45, 2.75) is 13.3 Å². The summed E-state index contributed by atoms with van der Waals surface area (Å²) in [6, 6.07) is 10.1. The minimum absolute atomic E-state index is 0.0397. The summed E-state index contributed by atoms with van der Waals surface area (Å²) in [6.07, 6.45) is 2.48. The Morgan fingerprint density at radius 1 is 1.33 bits per heavy atom. The number of aryl methyl sites for hydroxylation is 1. The smallest absolute Gasteiger partial charge is 0.211 e. The van der Waals surface area contributed by atoms with E-state index in [0.29, 0.717) is 17.7 Å². The third-order valence-corrected chi connectivity index (χ3v) is 3.66. The number of fused-ring (bicyclic) bond motifs is 1. The van der Waals surface area contributed by atoms with E-state index in [2.05, 4.69) is 4.98 Å². The minimum Gasteiger partial charge on any atom is -0.506 e. The van der Waals surface area contributed by atoms with E-state index in [-0.39, 0.29) is 16.6 Å². The average Bonchev–Trinajstić information content (AvgIpc) is 2.87. The molecule has 1 aromatic carbocycles. The first-order valence-electron chi connectivity index (χ1n) is 6.61. The van der Waals surface area contributed by atoms with Crippen LogP contribution >= 0.6 is 11.6 Å². The molecule has 2 heterocycles. The second-order valence-corrected chi connectivity index (χ2v) is 5.09. The lowest BCUT2D eigenvalue weighted by atomic mass is 10.1. The number of imidazole rings is 1. The van der Waals surface area contributed by atoms with E-state index in [1.165, 1.54) is 12.1 Å². The van der Waals surface area contributed by atoms with E-state index in [0.717, 1.165) is 11.3 Å². The van der Waals surface area contributed by atoms with Crippen molar-refractivity contribution in [2.75, 3.05) is 0 Å². The molecular weight excluding hydrogens is 288 g/mol. The third kappa shape index (κ3) is 2.28. The van der Waals surface area contributed by atoms with E-state index in [1.807, 2.05) is 31.3 Å². The van der Waals surface area contributed by atoms with Gasteiger partial charge in [-0.05, 0) is 36.8 Å². The zero-order chi connectivity index (χ0) is 15.0. The van der Waals surface area contributed by atoms with E-state index in [1.54, 1.807) is 10.5 Å². The highest BCUT2D eigenvalue weighted by Gasteiger charge is 2.20. The topological polar surface area (TPSA) is 54.6 Å². The first-order valence-corrected chi connectivity index (χ1v) is 6.98. The van der Waals surface area contributed by atoms with Gasteiger partial charge in [0.25, 0.3) is 0 Å². The molecular formula is C16H13ClN2O2. The number of hydrogen-bond acceptors (Lipinski definition) is 3. The fraction of sp³-hybridized carbons (Fsp3) is 0.125. The molecule has 4 nitrogen and oxygen atoms in total. The van der Waals surface area contributed by atoms with Crippen LogP contribution in [0, 0.1) is 0 Å². The van der Waals surface area contributed by atoms with Crippen LogP contribution in [0.25, 0.3) is 5.65 Å². The van der Waals surface area contributed by atoms with Crippen molar-refractivity contribution >= 4 is 23.0 Å². The van der Waals surface area contributed by atoms with Crippen LogP contribution < -0.4 is 0 Å². The molecule has 0 radical (unpaired) electrons. The van der Waals surface area contributed by atoms with Crippen molar-refractivity contribution in [3.05, 3.63) is 64.6 Å². The lowest BCUT2D eigenvalue weighted by Crippen LogP contribution is -2.08. The van der Waals surface area contributed by atoms with Crippen LogP contribution in [0.5, 0.6) is 5.75 Å². The van der Waals surface area contributed by atoms with Crippen molar-refractivity contribution in [3.8, 4) is 5.75 Å². The van der Waals surface area contributed by atoms with Crippen molar-refractivity contribution < 1.29 is 9.90 Å². The van der Waals surface area contributed by atoms with Crippen LogP contribution in [0.3, 0.4) is 0 Å². The Kier molecular flexibility index (Phi) is 3.39. The summed E-state index contributed by atoms with van der Waals surface area (Å²) in [5.41, 5.74) is 2.45. The second kappa shape index (κ2) is 5.22. The number of phenols is 1. The Labute approximate surface area is 126 Å². The van der Waals surface area contributed by atoms with Crippen LogP contribution in [0.4, 0.5) is 0 Å². The number of halogens is 1. The van der Waals surface area contributed by atoms with Crippen molar-refractivity contribution in [1.29, 1.82) is 0 Å². The number of hydrogen-bond donors (Lipinski definition) is 1. The lowest BCUT2D eigenvalue weighted by Gasteiger charge is -2.05. The molecule has 0 bridgehead atoms. The van der Waals surface area contributed by atoms with Gasteiger partial charge in [-0.1, -0.05) is 24.6 Å². The highest BCUT2D eigenvalue weighted by Crippen LogP contribution is 2.26. The Morgan fingerprint density at radius 2 is 2.14 bits per heavy atom. The lowest BCUT2D eigenvalue weighted by molar-refractivity contribution is 0.103. The highest BCUT2D eigenvalue weighted by molar-refractivity contribution is 6.32. The number of phenolic OH excluding ortho intramolecular Hbond substituents is 1.